The van der Waals surface area contributed by atoms with Gasteiger partial charge in [0.1, 0.15) is 0 Å². The van der Waals surface area contributed by atoms with Crippen molar-refractivity contribution in [2.24, 2.45) is 5.92 Å². The fourth-order valence-electron chi connectivity index (χ4n) is 5.32. The summed E-state index contributed by atoms with van der Waals surface area (Å²) in [6.45, 7) is 5.50. The number of likely N-dealkylation sites (tertiary alicyclic amines) is 1. The summed E-state index contributed by atoms with van der Waals surface area (Å²) in [5, 5.41) is 4.13. The number of carbonyl (C=O) groups is 2. The number of nitrogens with zero attached hydrogens (tertiary/aromatic N) is 5. The normalized spacial score (nSPS) is 23.8. The van der Waals surface area contributed by atoms with Crippen LogP contribution in [0.25, 0.3) is 11.4 Å². The molecule has 0 bridgehead atoms. The first-order chi connectivity index (χ1) is 15.6. The molecule has 3 fully saturated rings. The zero-order valence-electron chi connectivity index (χ0n) is 18.7. The highest BCUT2D eigenvalue weighted by molar-refractivity contribution is 5.89. The minimum atomic E-state index is -0.184. The molecule has 1 aromatic heterocycles. The molecule has 5 rings (SSSR count). The molecule has 32 heavy (non-hydrogen) atoms. The Morgan fingerprint density at radius 1 is 1.09 bits per heavy atom. The van der Waals surface area contributed by atoms with Gasteiger partial charge in [0.2, 0.25) is 23.5 Å². The molecule has 3 heterocycles. The van der Waals surface area contributed by atoms with E-state index in [-0.39, 0.29) is 23.8 Å². The van der Waals surface area contributed by atoms with Crippen molar-refractivity contribution >= 4 is 11.8 Å². The molecular weight excluding hydrogens is 406 g/mol. The third-order valence-corrected chi connectivity index (χ3v) is 7.28. The van der Waals surface area contributed by atoms with Crippen LogP contribution >= 0.6 is 0 Å². The highest BCUT2D eigenvalue weighted by atomic mass is 16.5. The maximum atomic E-state index is 13.1. The fourth-order valence-corrected chi connectivity index (χ4v) is 5.32. The summed E-state index contributed by atoms with van der Waals surface area (Å²) < 4.78 is 5.54. The van der Waals surface area contributed by atoms with E-state index in [2.05, 4.69) is 22.0 Å². The lowest BCUT2D eigenvalue weighted by molar-refractivity contribution is -0.137. The Bertz CT molecular complexity index is 948. The molecule has 1 aromatic carbocycles. The molecule has 8 nitrogen and oxygen atoms in total. The van der Waals surface area contributed by atoms with E-state index in [9.17, 15) is 9.59 Å². The molecule has 0 N–H and O–H groups in total. The first kappa shape index (κ1) is 21.1. The second kappa shape index (κ2) is 9.02. The van der Waals surface area contributed by atoms with Crippen LogP contribution in [0.2, 0.25) is 0 Å². The lowest BCUT2D eigenvalue weighted by atomic mass is 10.1. The van der Waals surface area contributed by atoms with Crippen LogP contribution < -0.4 is 0 Å². The van der Waals surface area contributed by atoms with Crippen LogP contribution in [0.15, 0.2) is 34.9 Å². The first-order valence-corrected chi connectivity index (χ1v) is 11.8. The number of aromatic nitrogens is 2. The maximum absolute atomic E-state index is 13.1. The van der Waals surface area contributed by atoms with Crippen molar-refractivity contribution in [1.29, 1.82) is 0 Å². The molecule has 2 atom stereocenters. The maximum Gasteiger partial charge on any atom is 0.244 e. The number of hydrogen-bond donors (Lipinski definition) is 0. The van der Waals surface area contributed by atoms with E-state index in [0.29, 0.717) is 43.8 Å². The van der Waals surface area contributed by atoms with Gasteiger partial charge in [-0.05, 0) is 19.8 Å². The highest BCUT2D eigenvalue weighted by Crippen LogP contribution is 2.31. The van der Waals surface area contributed by atoms with Gasteiger partial charge in [0.15, 0.2) is 0 Å². The highest BCUT2D eigenvalue weighted by Gasteiger charge is 2.40. The lowest BCUT2D eigenvalue weighted by Crippen LogP contribution is -2.51. The van der Waals surface area contributed by atoms with Crippen LogP contribution in [0.4, 0.5) is 0 Å². The van der Waals surface area contributed by atoms with Crippen molar-refractivity contribution < 1.29 is 14.1 Å². The Labute approximate surface area is 188 Å². The van der Waals surface area contributed by atoms with E-state index in [1.165, 1.54) is 12.8 Å². The van der Waals surface area contributed by atoms with Gasteiger partial charge in [0.05, 0.1) is 12.0 Å². The van der Waals surface area contributed by atoms with Crippen molar-refractivity contribution in [2.45, 2.75) is 51.1 Å². The Balaban J connectivity index is 1.15. The topological polar surface area (TPSA) is 82.8 Å². The zero-order chi connectivity index (χ0) is 22.1. The zero-order valence-corrected chi connectivity index (χ0v) is 18.7. The Kier molecular flexibility index (Phi) is 5.95. The molecule has 2 aromatic rings. The lowest BCUT2D eigenvalue weighted by Gasteiger charge is -2.37. The summed E-state index contributed by atoms with van der Waals surface area (Å²) in [4.78, 5) is 36.4. The largest absolute Gasteiger partial charge is 0.340 e. The van der Waals surface area contributed by atoms with Crippen LogP contribution in [-0.2, 0) is 9.59 Å². The van der Waals surface area contributed by atoms with Crippen LogP contribution in [0.5, 0.6) is 0 Å². The van der Waals surface area contributed by atoms with E-state index in [0.717, 1.165) is 31.5 Å². The Morgan fingerprint density at radius 2 is 1.81 bits per heavy atom. The average Bonchev–Trinajstić information content (AvgIpc) is 3.59. The molecule has 2 aliphatic heterocycles. The number of hydrogen-bond acceptors (Lipinski definition) is 6. The molecule has 0 spiro atoms. The molecule has 1 saturated carbocycles. The minimum absolute atomic E-state index is 0.0110. The summed E-state index contributed by atoms with van der Waals surface area (Å²) in [6.07, 6.45) is 4.94. The van der Waals surface area contributed by atoms with Gasteiger partial charge in [-0.25, -0.2) is 0 Å². The third kappa shape index (κ3) is 4.16. The Hall–Kier alpha value is -2.74. The van der Waals surface area contributed by atoms with Crippen molar-refractivity contribution in [3.63, 3.8) is 0 Å². The summed E-state index contributed by atoms with van der Waals surface area (Å²) in [6, 6.07) is 10.1. The summed E-state index contributed by atoms with van der Waals surface area (Å²) in [7, 11) is 0. The fraction of sp³-hybridized carbons (Fsp3) is 0.583. The van der Waals surface area contributed by atoms with Gasteiger partial charge in [-0.3, -0.25) is 14.5 Å². The van der Waals surface area contributed by atoms with Crippen LogP contribution in [0.3, 0.4) is 0 Å². The van der Waals surface area contributed by atoms with E-state index in [1.54, 1.807) is 0 Å². The SMILES string of the molecule is CC(c1nc(-c2ccccc2)no1)N1CCN(C(=O)C2CC(=O)N(C3CCCC3)C2)CC1. The van der Waals surface area contributed by atoms with Crippen LogP contribution in [0.1, 0.15) is 51.0 Å². The molecule has 170 valence electrons. The molecule has 0 radical (unpaired) electrons. The van der Waals surface area contributed by atoms with Gasteiger partial charge in [-0.2, -0.15) is 4.98 Å². The molecule has 2 amide bonds. The van der Waals surface area contributed by atoms with Gasteiger partial charge >= 0.3 is 0 Å². The van der Waals surface area contributed by atoms with Crippen LogP contribution in [-0.4, -0.2) is 75.4 Å². The minimum Gasteiger partial charge on any atom is -0.340 e. The number of benzene rings is 1. The second-order valence-electron chi connectivity index (χ2n) is 9.24. The van der Waals surface area contributed by atoms with E-state index >= 15 is 0 Å². The van der Waals surface area contributed by atoms with E-state index < -0.39 is 0 Å². The van der Waals surface area contributed by atoms with Crippen molar-refractivity contribution in [3.05, 3.63) is 36.2 Å². The van der Waals surface area contributed by atoms with Crippen molar-refractivity contribution in [1.82, 2.24) is 24.8 Å². The summed E-state index contributed by atoms with van der Waals surface area (Å²) in [5.41, 5.74) is 0.933. The van der Waals surface area contributed by atoms with Crippen molar-refractivity contribution in [2.75, 3.05) is 32.7 Å². The summed E-state index contributed by atoms with van der Waals surface area (Å²) >= 11 is 0. The molecule has 1 aliphatic carbocycles. The quantitative estimate of drug-likeness (QED) is 0.715. The predicted octanol–water partition coefficient (Wildman–Crippen LogP) is 2.73. The predicted molar refractivity (Wildman–Crippen MR) is 118 cm³/mol. The van der Waals surface area contributed by atoms with Gasteiger partial charge in [0.25, 0.3) is 0 Å². The van der Waals surface area contributed by atoms with Gasteiger partial charge in [0, 0.05) is 50.7 Å². The van der Waals surface area contributed by atoms with Gasteiger partial charge in [-0.15, -0.1) is 0 Å². The number of amides is 2. The molecule has 8 heteroatoms. The Morgan fingerprint density at radius 3 is 2.53 bits per heavy atom. The van der Waals surface area contributed by atoms with Crippen molar-refractivity contribution in [3.8, 4) is 11.4 Å². The van der Waals surface area contributed by atoms with Gasteiger partial charge in [-0.1, -0.05) is 48.3 Å². The van der Waals surface area contributed by atoms with Gasteiger partial charge < -0.3 is 14.3 Å². The monoisotopic (exact) mass is 437 g/mol. The first-order valence-electron chi connectivity index (χ1n) is 11.8. The standard InChI is InChI=1S/C24H31N5O3/c1-17(23-25-22(26-32-23)18-7-3-2-4-8-18)27-11-13-28(14-12-27)24(31)19-15-21(30)29(16-19)20-9-5-6-10-20/h2-4,7-8,17,19-20H,5-6,9-16H2,1H3. The number of rotatable bonds is 5. The molecule has 3 aliphatic rings. The molecule has 2 saturated heterocycles. The molecular formula is C24H31N5O3. The smallest absolute Gasteiger partial charge is 0.244 e. The van der Waals surface area contributed by atoms with E-state index in [4.69, 9.17) is 4.52 Å². The summed E-state index contributed by atoms with van der Waals surface area (Å²) in [5.74, 6) is 1.30. The second-order valence-corrected chi connectivity index (χ2v) is 9.24. The number of piperazine rings is 1. The molecule has 2 unspecified atom stereocenters. The van der Waals surface area contributed by atoms with Crippen LogP contribution in [0, 0.1) is 5.92 Å². The third-order valence-electron chi connectivity index (χ3n) is 7.28. The average molecular weight is 438 g/mol. The van der Waals surface area contributed by atoms with E-state index in [1.807, 2.05) is 40.1 Å². The number of carbonyl (C=O) groups excluding carboxylic acids is 2.